The van der Waals surface area contributed by atoms with Crippen LogP contribution in [0.3, 0.4) is 0 Å². The van der Waals surface area contributed by atoms with Gasteiger partial charge in [-0.3, -0.25) is 14.9 Å². The van der Waals surface area contributed by atoms with Gasteiger partial charge in [-0.15, -0.1) is 0 Å². The van der Waals surface area contributed by atoms with Crippen molar-refractivity contribution in [2.75, 3.05) is 18.0 Å². The van der Waals surface area contributed by atoms with Crippen LogP contribution in [-0.2, 0) is 4.79 Å². The highest BCUT2D eigenvalue weighted by Gasteiger charge is 2.28. The van der Waals surface area contributed by atoms with E-state index in [1.54, 1.807) is 4.90 Å². The minimum atomic E-state index is -0.839. The Hall–Kier alpha value is -2.18. The number of nitro benzene ring substituents is 1. The van der Waals surface area contributed by atoms with Gasteiger partial charge >= 0.3 is 5.69 Å². The number of para-hydroxylation sites is 1. The smallest absolute Gasteiger partial charge is 0.327 e. The molecule has 1 fully saturated rings. The van der Waals surface area contributed by atoms with E-state index >= 15 is 0 Å². The lowest BCUT2D eigenvalue weighted by molar-refractivity contribution is -0.386. The number of nitrogens with zero attached hydrogens (tertiary/aromatic N) is 2. The summed E-state index contributed by atoms with van der Waals surface area (Å²) in [5.74, 6) is -0.972. The summed E-state index contributed by atoms with van der Waals surface area (Å²) in [6.45, 7) is 2.49. The molecule has 0 aliphatic carbocycles. The molecule has 7 heteroatoms. The molecule has 0 saturated carbocycles. The number of nitrogens with one attached hydrogen (secondary N) is 1. The molecule has 6 nitrogen and oxygen atoms in total. The Morgan fingerprint density at radius 3 is 2.95 bits per heavy atom. The van der Waals surface area contributed by atoms with Crippen LogP contribution < -0.4 is 10.2 Å². The van der Waals surface area contributed by atoms with Gasteiger partial charge in [0.05, 0.1) is 4.92 Å². The quantitative estimate of drug-likeness (QED) is 0.677. The normalized spacial score (nSPS) is 18.7. The number of benzene rings is 1. The number of anilines is 1. The van der Waals surface area contributed by atoms with Crippen molar-refractivity contribution in [2.24, 2.45) is 0 Å². The van der Waals surface area contributed by atoms with Gasteiger partial charge in [0.1, 0.15) is 5.69 Å². The van der Waals surface area contributed by atoms with Gasteiger partial charge in [0.25, 0.3) is 0 Å². The fourth-order valence-corrected chi connectivity index (χ4v) is 2.54. The van der Waals surface area contributed by atoms with Crippen molar-refractivity contribution in [1.82, 2.24) is 5.32 Å². The Labute approximate surface area is 115 Å². The average Bonchev–Trinajstić information content (AvgIpc) is 2.37. The maximum atomic E-state index is 13.6. The fourth-order valence-electron chi connectivity index (χ4n) is 2.54. The first-order valence-electron chi connectivity index (χ1n) is 6.44. The van der Waals surface area contributed by atoms with E-state index in [0.717, 1.165) is 18.9 Å². The Balaban J connectivity index is 2.25. The van der Waals surface area contributed by atoms with E-state index in [4.69, 9.17) is 0 Å². The SMILES string of the molecule is CC(=O)N[C@@H]1CCCN(c2cccc(F)c2[N+](=O)[O-])C1. The molecule has 0 unspecified atom stereocenters. The van der Waals surface area contributed by atoms with E-state index in [2.05, 4.69) is 5.32 Å². The number of carbonyl (C=O) groups is 1. The molecule has 1 aromatic carbocycles. The number of rotatable bonds is 3. The van der Waals surface area contributed by atoms with Gasteiger partial charge in [0, 0.05) is 26.1 Å². The van der Waals surface area contributed by atoms with Crippen LogP contribution in [0, 0.1) is 15.9 Å². The van der Waals surface area contributed by atoms with Crippen LogP contribution in [0.2, 0.25) is 0 Å². The van der Waals surface area contributed by atoms with Crippen LogP contribution in [0.25, 0.3) is 0 Å². The number of halogens is 1. The molecule has 0 spiro atoms. The summed E-state index contributed by atoms with van der Waals surface area (Å²) >= 11 is 0. The monoisotopic (exact) mass is 281 g/mol. The lowest BCUT2D eigenvalue weighted by Crippen LogP contribution is -2.47. The molecule has 0 radical (unpaired) electrons. The number of carbonyl (C=O) groups excluding carboxylic acids is 1. The zero-order chi connectivity index (χ0) is 14.7. The standard InChI is InChI=1S/C13H16FN3O3/c1-9(18)15-10-4-3-7-16(8-10)12-6-2-5-11(14)13(12)17(19)20/h2,5-6,10H,3-4,7-8H2,1H3,(H,15,18)/t10-/m1/s1. The van der Waals surface area contributed by atoms with Crippen molar-refractivity contribution in [2.45, 2.75) is 25.8 Å². The molecule has 1 N–H and O–H groups in total. The van der Waals surface area contributed by atoms with Crippen LogP contribution >= 0.6 is 0 Å². The van der Waals surface area contributed by atoms with Gasteiger partial charge < -0.3 is 10.2 Å². The van der Waals surface area contributed by atoms with Gasteiger partial charge in [0.15, 0.2) is 0 Å². The molecule has 1 saturated heterocycles. The molecular weight excluding hydrogens is 265 g/mol. The average molecular weight is 281 g/mol. The van der Waals surface area contributed by atoms with Crippen LogP contribution in [0.5, 0.6) is 0 Å². The highest BCUT2D eigenvalue weighted by molar-refractivity contribution is 5.73. The van der Waals surface area contributed by atoms with E-state index in [-0.39, 0.29) is 17.6 Å². The first kappa shape index (κ1) is 14.2. The predicted octanol–water partition coefficient (Wildman–Crippen LogP) is 1.84. The molecule has 108 valence electrons. The summed E-state index contributed by atoms with van der Waals surface area (Å²) in [5.41, 5.74) is -0.235. The first-order valence-corrected chi connectivity index (χ1v) is 6.44. The maximum absolute atomic E-state index is 13.6. The molecule has 1 aliphatic rings. The van der Waals surface area contributed by atoms with Gasteiger partial charge in [-0.25, -0.2) is 0 Å². The van der Waals surface area contributed by atoms with Crippen molar-refractivity contribution < 1.29 is 14.1 Å². The van der Waals surface area contributed by atoms with Gasteiger partial charge in [-0.2, -0.15) is 4.39 Å². The summed E-state index contributed by atoms with van der Waals surface area (Å²) in [4.78, 5) is 23.2. The Bertz CT molecular complexity index is 536. The van der Waals surface area contributed by atoms with E-state index in [1.807, 2.05) is 0 Å². The second-order valence-corrected chi connectivity index (χ2v) is 4.85. The third kappa shape index (κ3) is 3.04. The van der Waals surface area contributed by atoms with E-state index in [9.17, 15) is 19.3 Å². The Morgan fingerprint density at radius 2 is 2.30 bits per heavy atom. The Morgan fingerprint density at radius 1 is 1.55 bits per heavy atom. The fraction of sp³-hybridized carbons (Fsp3) is 0.462. The second kappa shape index (κ2) is 5.85. The number of hydrogen-bond acceptors (Lipinski definition) is 4. The lowest BCUT2D eigenvalue weighted by atomic mass is 10.0. The molecule has 1 aliphatic heterocycles. The topological polar surface area (TPSA) is 75.5 Å². The molecule has 2 rings (SSSR count). The van der Waals surface area contributed by atoms with Crippen LogP contribution in [-0.4, -0.2) is 30.0 Å². The van der Waals surface area contributed by atoms with Crippen LogP contribution in [0.4, 0.5) is 15.8 Å². The molecule has 0 bridgehead atoms. The van der Waals surface area contributed by atoms with Crippen LogP contribution in [0.1, 0.15) is 19.8 Å². The minimum Gasteiger partial charge on any atom is -0.364 e. The summed E-state index contributed by atoms with van der Waals surface area (Å²) < 4.78 is 13.6. The van der Waals surface area contributed by atoms with Crippen molar-refractivity contribution in [3.63, 3.8) is 0 Å². The molecule has 1 atom stereocenters. The van der Waals surface area contributed by atoms with E-state index < -0.39 is 16.4 Å². The summed E-state index contributed by atoms with van der Waals surface area (Å²) in [6.07, 6.45) is 1.61. The van der Waals surface area contributed by atoms with Crippen molar-refractivity contribution in [1.29, 1.82) is 0 Å². The highest BCUT2D eigenvalue weighted by atomic mass is 19.1. The molecule has 20 heavy (non-hydrogen) atoms. The van der Waals surface area contributed by atoms with Gasteiger partial charge in [0.2, 0.25) is 11.7 Å². The van der Waals surface area contributed by atoms with Gasteiger partial charge in [-0.1, -0.05) is 6.07 Å². The molecule has 1 heterocycles. The van der Waals surface area contributed by atoms with Crippen LogP contribution in [0.15, 0.2) is 18.2 Å². The first-order chi connectivity index (χ1) is 9.49. The maximum Gasteiger partial charge on any atom is 0.327 e. The molecule has 1 amide bonds. The summed E-state index contributed by atoms with van der Waals surface area (Å²) in [7, 11) is 0. The zero-order valence-electron chi connectivity index (χ0n) is 11.1. The highest BCUT2D eigenvalue weighted by Crippen LogP contribution is 2.32. The van der Waals surface area contributed by atoms with Crippen molar-refractivity contribution in [3.8, 4) is 0 Å². The lowest BCUT2D eigenvalue weighted by Gasteiger charge is -2.34. The number of hydrogen-bond donors (Lipinski definition) is 1. The van der Waals surface area contributed by atoms with Gasteiger partial charge in [-0.05, 0) is 25.0 Å². The molecule has 1 aromatic rings. The van der Waals surface area contributed by atoms with Crippen molar-refractivity contribution in [3.05, 3.63) is 34.1 Å². The largest absolute Gasteiger partial charge is 0.364 e. The van der Waals surface area contributed by atoms with Crippen molar-refractivity contribution >= 4 is 17.3 Å². The second-order valence-electron chi connectivity index (χ2n) is 4.85. The van der Waals surface area contributed by atoms with E-state index in [0.29, 0.717) is 13.1 Å². The molecular formula is C13H16FN3O3. The minimum absolute atomic E-state index is 0.0656. The summed E-state index contributed by atoms with van der Waals surface area (Å²) in [6, 6.07) is 4.01. The summed E-state index contributed by atoms with van der Waals surface area (Å²) in [5, 5.41) is 13.8. The third-order valence-electron chi connectivity index (χ3n) is 3.32. The zero-order valence-corrected chi connectivity index (χ0v) is 11.1. The Kier molecular flexibility index (Phi) is 4.16. The van der Waals surface area contributed by atoms with E-state index in [1.165, 1.54) is 19.1 Å². The third-order valence-corrected chi connectivity index (χ3v) is 3.32. The predicted molar refractivity (Wildman–Crippen MR) is 72.1 cm³/mol. The number of amides is 1. The molecule has 0 aromatic heterocycles. The number of piperidine rings is 1. The number of nitro groups is 1.